The predicted molar refractivity (Wildman–Crippen MR) is 47.2 cm³/mol. The standard InChI is InChI=1S/C8H8O4S/c1-13(10,11)12-8-5-3-2-4-7(8)6-9/h2-5,8H,1H3. The molecule has 1 unspecified atom stereocenters. The Morgan fingerprint density at radius 1 is 1.46 bits per heavy atom. The van der Waals surface area contributed by atoms with Gasteiger partial charge in [-0.2, -0.15) is 8.42 Å². The van der Waals surface area contributed by atoms with E-state index in [0.717, 1.165) is 6.26 Å². The molecule has 0 N–H and O–H groups in total. The van der Waals surface area contributed by atoms with Crippen LogP contribution in [0.1, 0.15) is 0 Å². The molecule has 0 radical (unpaired) electrons. The van der Waals surface area contributed by atoms with Gasteiger partial charge in [0.25, 0.3) is 10.1 Å². The van der Waals surface area contributed by atoms with Crippen LogP contribution in [0.4, 0.5) is 0 Å². The van der Waals surface area contributed by atoms with Crippen molar-refractivity contribution >= 4 is 16.1 Å². The van der Waals surface area contributed by atoms with Gasteiger partial charge in [0, 0.05) is 0 Å². The summed E-state index contributed by atoms with van der Waals surface area (Å²) in [7, 11) is -3.55. The minimum Gasteiger partial charge on any atom is -0.257 e. The maximum atomic E-state index is 10.7. The molecule has 13 heavy (non-hydrogen) atoms. The van der Waals surface area contributed by atoms with E-state index in [1.165, 1.54) is 12.2 Å². The van der Waals surface area contributed by atoms with Crippen molar-refractivity contribution in [2.24, 2.45) is 0 Å². The van der Waals surface area contributed by atoms with Crippen LogP contribution in [-0.2, 0) is 19.1 Å². The van der Waals surface area contributed by atoms with Gasteiger partial charge in [-0.3, -0.25) is 4.18 Å². The highest BCUT2D eigenvalue weighted by molar-refractivity contribution is 7.86. The second-order valence-corrected chi connectivity index (χ2v) is 4.12. The largest absolute Gasteiger partial charge is 0.265 e. The van der Waals surface area contributed by atoms with Crippen molar-refractivity contribution < 1.29 is 17.4 Å². The maximum Gasteiger partial charge on any atom is 0.265 e. The molecule has 0 amide bonds. The van der Waals surface area contributed by atoms with Crippen molar-refractivity contribution in [1.29, 1.82) is 0 Å². The highest BCUT2D eigenvalue weighted by atomic mass is 32.2. The van der Waals surface area contributed by atoms with Gasteiger partial charge in [-0.1, -0.05) is 12.2 Å². The molecule has 0 aromatic carbocycles. The van der Waals surface area contributed by atoms with E-state index in [-0.39, 0.29) is 5.57 Å². The topological polar surface area (TPSA) is 60.4 Å². The van der Waals surface area contributed by atoms with E-state index in [1.54, 1.807) is 18.1 Å². The first-order chi connectivity index (χ1) is 6.03. The van der Waals surface area contributed by atoms with Crippen molar-refractivity contribution in [3.8, 4) is 0 Å². The van der Waals surface area contributed by atoms with Gasteiger partial charge in [0.05, 0.1) is 11.8 Å². The van der Waals surface area contributed by atoms with Crippen LogP contribution in [0.15, 0.2) is 29.9 Å². The molecule has 0 saturated heterocycles. The van der Waals surface area contributed by atoms with Gasteiger partial charge in [0.2, 0.25) is 0 Å². The van der Waals surface area contributed by atoms with E-state index < -0.39 is 16.2 Å². The summed E-state index contributed by atoms with van der Waals surface area (Å²) in [6.45, 7) is 0. The van der Waals surface area contributed by atoms with Gasteiger partial charge in [-0.15, -0.1) is 0 Å². The molecule has 70 valence electrons. The molecule has 1 aliphatic rings. The second-order valence-electron chi connectivity index (χ2n) is 2.52. The number of allylic oxidation sites excluding steroid dienone is 2. The Labute approximate surface area is 76.3 Å². The third-order valence-corrected chi connectivity index (χ3v) is 1.93. The number of hydrogen-bond acceptors (Lipinski definition) is 4. The zero-order valence-corrected chi connectivity index (χ0v) is 7.74. The SMILES string of the molecule is CS(=O)(=O)OC1C=CC=CC1=C=O. The first kappa shape index (κ1) is 9.92. The molecule has 4 nitrogen and oxygen atoms in total. The summed E-state index contributed by atoms with van der Waals surface area (Å²) in [5.41, 5.74) is 0.174. The molecule has 1 aliphatic carbocycles. The smallest absolute Gasteiger partial charge is 0.257 e. The van der Waals surface area contributed by atoms with E-state index in [0.29, 0.717) is 0 Å². The quantitative estimate of drug-likeness (QED) is 0.472. The molecule has 0 spiro atoms. The molecule has 0 aliphatic heterocycles. The van der Waals surface area contributed by atoms with E-state index >= 15 is 0 Å². The zero-order chi connectivity index (χ0) is 9.90. The first-order valence-corrected chi connectivity index (χ1v) is 5.33. The Morgan fingerprint density at radius 3 is 2.69 bits per heavy atom. The summed E-state index contributed by atoms with van der Waals surface area (Å²) < 4.78 is 26.1. The Balaban J connectivity index is 2.88. The van der Waals surface area contributed by atoms with Crippen LogP contribution in [-0.4, -0.2) is 26.7 Å². The molecule has 0 bridgehead atoms. The summed E-state index contributed by atoms with van der Waals surface area (Å²) in [6.07, 6.45) is 6.25. The highest BCUT2D eigenvalue weighted by Crippen LogP contribution is 2.13. The van der Waals surface area contributed by atoms with Gasteiger partial charge in [-0.25, -0.2) is 4.79 Å². The molecule has 0 heterocycles. The fourth-order valence-electron chi connectivity index (χ4n) is 0.887. The molecule has 0 fully saturated rings. The average molecular weight is 200 g/mol. The summed E-state index contributed by atoms with van der Waals surface area (Å²) >= 11 is 0. The molecule has 0 aromatic heterocycles. The van der Waals surface area contributed by atoms with E-state index in [4.69, 9.17) is 0 Å². The maximum absolute atomic E-state index is 10.7. The Kier molecular flexibility index (Phi) is 2.83. The lowest BCUT2D eigenvalue weighted by atomic mass is 10.1. The number of rotatable bonds is 2. The molecule has 1 rings (SSSR count). The summed E-state index contributed by atoms with van der Waals surface area (Å²) in [5, 5.41) is 0. The van der Waals surface area contributed by atoms with Gasteiger partial charge in [0.1, 0.15) is 12.0 Å². The Hall–Kier alpha value is -1.16. The molecule has 5 heteroatoms. The van der Waals surface area contributed by atoms with Crippen molar-refractivity contribution in [2.75, 3.05) is 6.26 Å². The number of hydrogen-bond donors (Lipinski definition) is 0. The third-order valence-electron chi connectivity index (χ3n) is 1.38. The van der Waals surface area contributed by atoms with Crippen LogP contribution < -0.4 is 0 Å². The lowest BCUT2D eigenvalue weighted by molar-refractivity contribution is 0.295. The van der Waals surface area contributed by atoms with Gasteiger partial charge in [-0.05, 0) is 12.2 Å². The molecular formula is C8H8O4S. The third kappa shape index (κ3) is 2.99. The lowest BCUT2D eigenvalue weighted by Gasteiger charge is -2.12. The second kappa shape index (κ2) is 3.70. The summed E-state index contributed by atoms with van der Waals surface area (Å²) in [6, 6.07) is 0. The van der Waals surface area contributed by atoms with Crippen LogP contribution in [0.2, 0.25) is 0 Å². The Morgan fingerprint density at radius 2 is 2.15 bits per heavy atom. The van der Waals surface area contributed by atoms with E-state index in [1.807, 2.05) is 0 Å². The Bertz CT molecular complexity index is 396. The summed E-state index contributed by atoms with van der Waals surface area (Å²) in [4.78, 5) is 10.3. The van der Waals surface area contributed by atoms with Crippen LogP contribution in [0, 0.1) is 0 Å². The first-order valence-electron chi connectivity index (χ1n) is 3.51. The normalized spacial score (nSPS) is 21.6. The van der Waals surface area contributed by atoms with Crippen LogP contribution in [0.5, 0.6) is 0 Å². The number of carbonyl (C=O) groups excluding carboxylic acids is 1. The fourth-order valence-corrected chi connectivity index (χ4v) is 1.43. The lowest BCUT2D eigenvalue weighted by Crippen LogP contribution is -2.18. The minimum absolute atomic E-state index is 0.174. The average Bonchev–Trinajstić information content (AvgIpc) is 2.02. The highest BCUT2D eigenvalue weighted by Gasteiger charge is 2.17. The van der Waals surface area contributed by atoms with E-state index in [9.17, 15) is 13.2 Å². The molecule has 0 aromatic rings. The molecular weight excluding hydrogens is 192 g/mol. The van der Waals surface area contributed by atoms with Gasteiger partial charge < -0.3 is 0 Å². The van der Waals surface area contributed by atoms with Crippen LogP contribution in [0.3, 0.4) is 0 Å². The minimum atomic E-state index is -3.55. The predicted octanol–water partition coefficient (Wildman–Crippen LogP) is 0.215. The van der Waals surface area contributed by atoms with E-state index in [2.05, 4.69) is 4.18 Å². The van der Waals surface area contributed by atoms with Crippen LogP contribution in [0.25, 0.3) is 0 Å². The summed E-state index contributed by atoms with van der Waals surface area (Å²) in [5.74, 6) is 1.62. The molecule has 0 saturated carbocycles. The van der Waals surface area contributed by atoms with Crippen LogP contribution >= 0.6 is 0 Å². The van der Waals surface area contributed by atoms with Crippen molar-refractivity contribution in [3.63, 3.8) is 0 Å². The monoisotopic (exact) mass is 200 g/mol. The van der Waals surface area contributed by atoms with Crippen molar-refractivity contribution in [3.05, 3.63) is 29.9 Å². The van der Waals surface area contributed by atoms with Crippen molar-refractivity contribution in [2.45, 2.75) is 6.10 Å². The van der Waals surface area contributed by atoms with Gasteiger partial charge in [0.15, 0.2) is 0 Å². The van der Waals surface area contributed by atoms with Crippen molar-refractivity contribution in [1.82, 2.24) is 0 Å². The molecule has 1 atom stereocenters. The van der Waals surface area contributed by atoms with Gasteiger partial charge >= 0.3 is 0 Å². The fraction of sp³-hybridized carbons (Fsp3) is 0.250. The zero-order valence-electron chi connectivity index (χ0n) is 6.93.